The summed E-state index contributed by atoms with van der Waals surface area (Å²) in [7, 11) is 0. The second kappa shape index (κ2) is 5.96. The van der Waals surface area contributed by atoms with Crippen LogP contribution in [0, 0.1) is 13.8 Å². The highest BCUT2D eigenvalue weighted by atomic mass is 32.2. The first-order chi connectivity index (χ1) is 11.2. The van der Waals surface area contributed by atoms with Gasteiger partial charge in [-0.2, -0.15) is 0 Å². The molecule has 0 fully saturated rings. The van der Waals surface area contributed by atoms with Gasteiger partial charge in [0.15, 0.2) is 5.16 Å². The molecule has 1 aliphatic rings. The zero-order valence-corrected chi connectivity index (χ0v) is 14.3. The number of imidazole rings is 1. The van der Waals surface area contributed by atoms with E-state index in [2.05, 4.69) is 43.9 Å². The first-order valence-electron chi connectivity index (χ1n) is 8.08. The molecule has 4 rings (SSSR count). The van der Waals surface area contributed by atoms with Crippen LogP contribution in [-0.4, -0.2) is 29.1 Å². The third-order valence-corrected chi connectivity index (χ3v) is 5.24. The molecule has 0 radical (unpaired) electrons. The fourth-order valence-electron chi connectivity index (χ4n) is 3.09. The van der Waals surface area contributed by atoms with Gasteiger partial charge in [-0.15, -0.1) is 10.2 Å². The van der Waals surface area contributed by atoms with Crippen LogP contribution < -0.4 is 0 Å². The van der Waals surface area contributed by atoms with Crippen molar-refractivity contribution in [2.24, 2.45) is 0 Å². The lowest BCUT2D eigenvalue weighted by Crippen LogP contribution is -2.02. The lowest BCUT2D eigenvalue weighted by atomic mass is 10.2. The molecular formula is C16H20N6S. The molecular weight excluding hydrogens is 308 g/mol. The van der Waals surface area contributed by atoms with Crippen molar-refractivity contribution in [2.45, 2.75) is 57.0 Å². The number of aromatic nitrogens is 6. The van der Waals surface area contributed by atoms with Gasteiger partial charge in [0, 0.05) is 36.3 Å². The van der Waals surface area contributed by atoms with Gasteiger partial charge in [0.1, 0.15) is 5.82 Å². The first kappa shape index (κ1) is 14.7. The molecule has 120 valence electrons. The molecule has 0 N–H and O–H groups in total. The molecule has 0 aliphatic carbocycles. The number of nitrogens with zero attached hydrogens (tertiary/aromatic N) is 6. The van der Waals surface area contributed by atoms with E-state index in [0.717, 1.165) is 52.6 Å². The average molecular weight is 328 g/mol. The minimum Gasteiger partial charge on any atom is -0.306 e. The Labute approximate surface area is 139 Å². The minimum atomic E-state index is 0.776. The fourth-order valence-corrected chi connectivity index (χ4v) is 3.96. The number of fused-ring (bicyclic) bond motifs is 2. The summed E-state index contributed by atoms with van der Waals surface area (Å²) in [6.45, 7) is 5.12. The van der Waals surface area contributed by atoms with Crippen LogP contribution in [0.2, 0.25) is 0 Å². The van der Waals surface area contributed by atoms with Crippen LogP contribution in [0.5, 0.6) is 0 Å². The summed E-state index contributed by atoms with van der Waals surface area (Å²) in [5.74, 6) is 2.70. The Morgan fingerprint density at radius 2 is 2.04 bits per heavy atom. The third kappa shape index (κ3) is 2.85. The quantitative estimate of drug-likeness (QED) is 0.692. The predicted octanol–water partition coefficient (Wildman–Crippen LogP) is 2.96. The number of rotatable bonds is 3. The Morgan fingerprint density at radius 1 is 1.13 bits per heavy atom. The van der Waals surface area contributed by atoms with E-state index >= 15 is 0 Å². The highest BCUT2D eigenvalue weighted by molar-refractivity contribution is 7.98. The topological polar surface area (TPSA) is 60.9 Å². The lowest BCUT2D eigenvalue weighted by molar-refractivity contribution is 0.591. The van der Waals surface area contributed by atoms with E-state index in [9.17, 15) is 0 Å². The summed E-state index contributed by atoms with van der Waals surface area (Å²) in [4.78, 5) is 9.13. The molecule has 0 unspecified atom stereocenters. The van der Waals surface area contributed by atoms with Crippen LogP contribution in [0.4, 0.5) is 0 Å². The summed E-state index contributed by atoms with van der Waals surface area (Å²) >= 11 is 1.72. The molecule has 3 aromatic rings. The van der Waals surface area contributed by atoms with E-state index in [4.69, 9.17) is 0 Å². The van der Waals surface area contributed by atoms with Gasteiger partial charge in [0.05, 0.1) is 5.69 Å². The predicted molar refractivity (Wildman–Crippen MR) is 89.6 cm³/mol. The summed E-state index contributed by atoms with van der Waals surface area (Å²) in [5, 5.41) is 9.73. The Bertz CT molecular complexity index is 850. The van der Waals surface area contributed by atoms with E-state index < -0.39 is 0 Å². The highest BCUT2D eigenvalue weighted by Crippen LogP contribution is 2.24. The smallest absolute Gasteiger partial charge is 0.234 e. The monoisotopic (exact) mass is 328 g/mol. The summed E-state index contributed by atoms with van der Waals surface area (Å²) in [6, 6.07) is 2.07. The third-order valence-electron chi connectivity index (χ3n) is 4.24. The van der Waals surface area contributed by atoms with Crippen molar-refractivity contribution >= 4 is 17.5 Å². The van der Waals surface area contributed by atoms with Crippen LogP contribution in [0.25, 0.3) is 5.78 Å². The zero-order valence-electron chi connectivity index (χ0n) is 13.5. The minimum absolute atomic E-state index is 0.776. The van der Waals surface area contributed by atoms with Gasteiger partial charge >= 0.3 is 0 Å². The zero-order chi connectivity index (χ0) is 15.8. The standard InChI is InChI=1S/C16H20N6S/c1-11-8-12(2)22-9-13(18-15(22)17-11)10-23-16-20-19-14-6-4-3-5-7-21(14)16/h8-9H,3-7,10H2,1-2H3. The molecule has 0 aromatic carbocycles. The highest BCUT2D eigenvalue weighted by Gasteiger charge is 2.15. The van der Waals surface area contributed by atoms with Crippen LogP contribution in [0.3, 0.4) is 0 Å². The van der Waals surface area contributed by atoms with Gasteiger partial charge in [-0.3, -0.25) is 4.40 Å². The second-order valence-electron chi connectivity index (χ2n) is 6.09. The molecule has 1 aliphatic heterocycles. The van der Waals surface area contributed by atoms with E-state index in [-0.39, 0.29) is 0 Å². The molecule has 0 atom stereocenters. The number of hydrogen-bond donors (Lipinski definition) is 0. The van der Waals surface area contributed by atoms with Crippen molar-refractivity contribution in [1.82, 2.24) is 29.1 Å². The normalized spacial score (nSPS) is 14.9. The lowest BCUT2D eigenvalue weighted by Gasteiger charge is -2.05. The Balaban J connectivity index is 1.55. The molecule has 0 amide bonds. The van der Waals surface area contributed by atoms with E-state index in [0.29, 0.717) is 0 Å². The molecule has 6 nitrogen and oxygen atoms in total. The van der Waals surface area contributed by atoms with Crippen molar-refractivity contribution in [3.8, 4) is 0 Å². The molecule has 23 heavy (non-hydrogen) atoms. The Kier molecular flexibility index (Phi) is 3.80. The van der Waals surface area contributed by atoms with Gasteiger partial charge in [-0.1, -0.05) is 18.2 Å². The van der Waals surface area contributed by atoms with E-state index in [1.165, 1.54) is 19.3 Å². The van der Waals surface area contributed by atoms with Gasteiger partial charge in [0.2, 0.25) is 5.78 Å². The first-order valence-corrected chi connectivity index (χ1v) is 9.06. The van der Waals surface area contributed by atoms with Gasteiger partial charge < -0.3 is 4.57 Å². The van der Waals surface area contributed by atoms with Crippen molar-refractivity contribution in [3.05, 3.63) is 35.2 Å². The van der Waals surface area contributed by atoms with Crippen molar-refractivity contribution in [1.29, 1.82) is 0 Å². The summed E-state index contributed by atoms with van der Waals surface area (Å²) in [6.07, 6.45) is 6.84. The maximum atomic E-state index is 4.64. The SMILES string of the molecule is Cc1cc(C)n2cc(CSc3nnc4n3CCCCC4)nc2n1. The van der Waals surface area contributed by atoms with Gasteiger partial charge in [-0.05, 0) is 32.8 Å². The number of thioether (sulfide) groups is 1. The maximum absolute atomic E-state index is 4.64. The molecule has 4 heterocycles. The van der Waals surface area contributed by atoms with Crippen LogP contribution in [-0.2, 0) is 18.7 Å². The molecule has 0 bridgehead atoms. The van der Waals surface area contributed by atoms with Crippen LogP contribution >= 0.6 is 11.8 Å². The maximum Gasteiger partial charge on any atom is 0.234 e. The van der Waals surface area contributed by atoms with Crippen molar-refractivity contribution in [3.63, 3.8) is 0 Å². The summed E-state index contributed by atoms with van der Waals surface area (Å²) < 4.78 is 4.33. The molecule has 0 saturated carbocycles. The number of hydrogen-bond acceptors (Lipinski definition) is 5. The fraction of sp³-hybridized carbons (Fsp3) is 0.500. The Morgan fingerprint density at radius 3 is 2.96 bits per heavy atom. The van der Waals surface area contributed by atoms with Gasteiger partial charge in [0.25, 0.3) is 0 Å². The summed E-state index contributed by atoms with van der Waals surface area (Å²) in [5.41, 5.74) is 3.19. The average Bonchev–Trinajstić information content (AvgIpc) is 3.02. The molecule has 7 heteroatoms. The Hall–Kier alpha value is -1.89. The van der Waals surface area contributed by atoms with Crippen molar-refractivity contribution in [2.75, 3.05) is 0 Å². The van der Waals surface area contributed by atoms with Crippen LogP contribution in [0.1, 0.15) is 42.2 Å². The van der Waals surface area contributed by atoms with Crippen molar-refractivity contribution < 1.29 is 0 Å². The largest absolute Gasteiger partial charge is 0.306 e. The second-order valence-corrected chi connectivity index (χ2v) is 7.03. The van der Waals surface area contributed by atoms with Gasteiger partial charge in [-0.25, -0.2) is 9.97 Å². The molecule has 3 aromatic heterocycles. The van der Waals surface area contributed by atoms with E-state index in [1.54, 1.807) is 11.8 Å². The molecule has 0 spiro atoms. The van der Waals surface area contributed by atoms with E-state index in [1.807, 2.05) is 11.3 Å². The number of aryl methyl sites for hydroxylation is 3. The molecule has 0 saturated heterocycles. The van der Waals surface area contributed by atoms with Crippen LogP contribution in [0.15, 0.2) is 17.4 Å².